The predicted octanol–water partition coefficient (Wildman–Crippen LogP) is 2.30. The van der Waals surface area contributed by atoms with Gasteiger partial charge in [0.1, 0.15) is 5.82 Å². The molecule has 0 aromatic heterocycles. The van der Waals surface area contributed by atoms with Crippen molar-refractivity contribution in [2.24, 2.45) is 11.7 Å². The van der Waals surface area contributed by atoms with E-state index < -0.39 is 0 Å². The summed E-state index contributed by atoms with van der Waals surface area (Å²) in [6, 6.07) is 4.70. The van der Waals surface area contributed by atoms with Gasteiger partial charge in [-0.25, -0.2) is 4.39 Å². The molecular weight excluding hydrogens is 373 g/mol. The highest BCUT2D eigenvalue weighted by Gasteiger charge is 2.25. The van der Waals surface area contributed by atoms with Gasteiger partial charge in [-0.1, -0.05) is 15.9 Å². The maximum Gasteiger partial charge on any atom is 0.224 e. The summed E-state index contributed by atoms with van der Waals surface area (Å²) in [5, 5.41) is 2.85. The van der Waals surface area contributed by atoms with Crippen LogP contribution in [-0.4, -0.2) is 37.0 Å². The molecule has 4 nitrogen and oxygen atoms in total. The fourth-order valence-electron chi connectivity index (χ4n) is 2.66. The number of amides is 1. The second-order valence-corrected chi connectivity index (χ2v) is 6.24. The van der Waals surface area contributed by atoms with Crippen LogP contribution in [0.15, 0.2) is 22.7 Å². The standard InChI is InChI=1S/C15H21BrFN3O.ClH/c16-14-4-3-13(17)8-12(14)10-20-7-1-2-11(9-20)15(21)19-6-5-18;/h3-4,8,11H,1-2,5-7,9-10,18H2,(H,19,21);1H. The van der Waals surface area contributed by atoms with Crippen molar-refractivity contribution in [3.05, 3.63) is 34.1 Å². The molecule has 1 aromatic rings. The lowest BCUT2D eigenvalue weighted by Crippen LogP contribution is -2.43. The molecule has 1 heterocycles. The molecule has 0 spiro atoms. The summed E-state index contributed by atoms with van der Waals surface area (Å²) in [5.74, 6) is -0.163. The van der Waals surface area contributed by atoms with Gasteiger partial charge in [0, 0.05) is 30.7 Å². The second kappa shape index (κ2) is 9.45. The van der Waals surface area contributed by atoms with Gasteiger partial charge in [0.15, 0.2) is 0 Å². The van der Waals surface area contributed by atoms with Gasteiger partial charge in [0.25, 0.3) is 0 Å². The molecule has 7 heteroatoms. The number of rotatable bonds is 5. The molecular formula is C15H22BrClFN3O. The van der Waals surface area contributed by atoms with E-state index in [-0.39, 0.29) is 30.0 Å². The average Bonchev–Trinajstić information content (AvgIpc) is 2.49. The Bertz CT molecular complexity index is 504. The molecule has 1 atom stereocenters. The number of hydrogen-bond donors (Lipinski definition) is 2. The third-order valence-corrected chi connectivity index (χ3v) is 4.50. The van der Waals surface area contributed by atoms with Gasteiger partial charge in [-0.2, -0.15) is 0 Å². The number of piperidine rings is 1. The van der Waals surface area contributed by atoms with Crippen LogP contribution in [0.3, 0.4) is 0 Å². The van der Waals surface area contributed by atoms with E-state index in [0.717, 1.165) is 29.4 Å². The summed E-state index contributed by atoms with van der Waals surface area (Å²) in [5.41, 5.74) is 6.32. The van der Waals surface area contributed by atoms with Gasteiger partial charge in [0.2, 0.25) is 5.91 Å². The number of nitrogens with zero attached hydrogens (tertiary/aromatic N) is 1. The fraction of sp³-hybridized carbons (Fsp3) is 0.533. The third-order valence-electron chi connectivity index (χ3n) is 3.72. The quantitative estimate of drug-likeness (QED) is 0.805. The first-order valence-electron chi connectivity index (χ1n) is 7.24. The molecule has 1 saturated heterocycles. The van der Waals surface area contributed by atoms with Crippen LogP contribution in [0, 0.1) is 11.7 Å². The highest BCUT2D eigenvalue weighted by Crippen LogP contribution is 2.23. The molecule has 1 aliphatic heterocycles. The molecule has 1 amide bonds. The Morgan fingerprint density at radius 1 is 1.50 bits per heavy atom. The summed E-state index contributed by atoms with van der Waals surface area (Å²) >= 11 is 3.45. The van der Waals surface area contributed by atoms with E-state index in [9.17, 15) is 9.18 Å². The molecule has 1 fully saturated rings. The van der Waals surface area contributed by atoms with Gasteiger partial charge < -0.3 is 11.1 Å². The third kappa shape index (κ3) is 5.50. The number of carbonyl (C=O) groups is 1. The largest absolute Gasteiger partial charge is 0.355 e. The van der Waals surface area contributed by atoms with Gasteiger partial charge >= 0.3 is 0 Å². The second-order valence-electron chi connectivity index (χ2n) is 5.39. The molecule has 3 N–H and O–H groups in total. The van der Waals surface area contributed by atoms with Gasteiger partial charge in [0.05, 0.1) is 5.92 Å². The van der Waals surface area contributed by atoms with Crippen LogP contribution < -0.4 is 11.1 Å². The minimum Gasteiger partial charge on any atom is -0.355 e. The van der Waals surface area contributed by atoms with E-state index in [4.69, 9.17) is 5.73 Å². The number of benzene rings is 1. The minimum absolute atomic E-state index is 0. The summed E-state index contributed by atoms with van der Waals surface area (Å²) in [7, 11) is 0. The van der Waals surface area contributed by atoms with E-state index in [1.807, 2.05) is 0 Å². The van der Waals surface area contributed by atoms with Crippen LogP contribution in [0.1, 0.15) is 18.4 Å². The summed E-state index contributed by atoms with van der Waals surface area (Å²) in [6.45, 7) is 3.27. The Morgan fingerprint density at radius 2 is 2.27 bits per heavy atom. The number of nitrogens with one attached hydrogen (secondary N) is 1. The van der Waals surface area contributed by atoms with Crippen molar-refractivity contribution < 1.29 is 9.18 Å². The smallest absolute Gasteiger partial charge is 0.224 e. The first-order chi connectivity index (χ1) is 10.1. The van der Waals surface area contributed by atoms with Crippen molar-refractivity contribution in [1.29, 1.82) is 0 Å². The van der Waals surface area contributed by atoms with Crippen LogP contribution in [-0.2, 0) is 11.3 Å². The Morgan fingerprint density at radius 3 is 3.00 bits per heavy atom. The topological polar surface area (TPSA) is 58.4 Å². The number of hydrogen-bond acceptors (Lipinski definition) is 3. The monoisotopic (exact) mass is 393 g/mol. The molecule has 0 bridgehead atoms. The maximum atomic E-state index is 13.3. The number of likely N-dealkylation sites (tertiary alicyclic amines) is 1. The van der Waals surface area contributed by atoms with E-state index in [0.29, 0.717) is 26.2 Å². The van der Waals surface area contributed by atoms with Gasteiger partial charge in [-0.15, -0.1) is 12.4 Å². The lowest BCUT2D eigenvalue weighted by atomic mass is 9.96. The molecule has 1 aliphatic rings. The molecule has 22 heavy (non-hydrogen) atoms. The van der Waals surface area contributed by atoms with Gasteiger partial charge in [-0.3, -0.25) is 9.69 Å². The van der Waals surface area contributed by atoms with Crippen molar-refractivity contribution in [2.45, 2.75) is 19.4 Å². The van der Waals surface area contributed by atoms with Crippen LogP contribution in [0.5, 0.6) is 0 Å². The van der Waals surface area contributed by atoms with E-state index >= 15 is 0 Å². The number of halogens is 3. The zero-order chi connectivity index (χ0) is 15.2. The van der Waals surface area contributed by atoms with Crippen molar-refractivity contribution in [1.82, 2.24) is 10.2 Å². The van der Waals surface area contributed by atoms with Crippen molar-refractivity contribution in [2.75, 3.05) is 26.2 Å². The molecule has 0 aliphatic carbocycles. The summed E-state index contributed by atoms with van der Waals surface area (Å²) in [6.07, 6.45) is 1.88. The zero-order valence-corrected chi connectivity index (χ0v) is 14.8. The molecule has 0 radical (unpaired) electrons. The minimum atomic E-state index is -0.234. The Kier molecular flexibility index (Phi) is 8.31. The molecule has 1 unspecified atom stereocenters. The van der Waals surface area contributed by atoms with Crippen molar-refractivity contribution >= 4 is 34.2 Å². The predicted molar refractivity (Wildman–Crippen MR) is 91.4 cm³/mol. The zero-order valence-electron chi connectivity index (χ0n) is 12.4. The summed E-state index contributed by atoms with van der Waals surface area (Å²) in [4.78, 5) is 14.2. The number of carbonyl (C=O) groups excluding carboxylic acids is 1. The summed E-state index contributed by atoms with van der Waals surface area (Å²) < 4.78 is 14.2. The first-order valence-corrected chi connectivity index (χ1v) is 8.03. The van der Waals surface area contributed by atoms with E-state index in [1.165, 1.54) is 6.07 Å². The van der Waals surface area contributed by atoms with Crippen molar-refractivity contribution in [3.8, 4) is 0 Å². The Balaban J connectivity index is 0.00000242. The Hall–Kier alpha value is -0.690. The SMILES string of the molecule is Cl.NCCNC(=O)C1CCCN(Cc2cc(F)ccc2Br)C1. The van der Waals surface area contributed by atoms with E-state index in [1.54, 1.807) is 12.1 Å². The van der Waals surface area contributed by atoms with Crippen LogP contribution in [0.25, 0.3) is 0 Å². The van der Waals surface area contributed by atoms with Gasteiger partial charge in [-0.05, 0) is 43.1 Å². The highest BCUT2D eigenvalue weighted by atomic mass is 79.9. The highest BCUT2D eigenvalue weighted by molar-refractivity contribution is 9.10. The number of nitrogens with two attached hydrogens (primary N) is 1. The Labute approximate surface area is 145 Å². The lowest BCUT2D eigenvalue weighted by molar-refractivity contribution is -0.126. The van der Waals surface area contributed by atoms with Crippen LogP contribution >= 0.6 is 28.3 Å². The maximum absolute atomic E-state index is 13.3. The van der Waals surface area contributed by atoms with Crippen LogP contribution in [0.4, 0.5) is 4.39 Å². The average molecular weight is 395 g/mol. The normalized spacial score (nSPS) is 18.6. The van der Waals surface area contributed by atoms with Crippen molar-refractivity contribution in [3.63, 3.8) is 0 Å². The first kappa shape index (κ1) is 19.4. The molecule has 2 rings (SSSR count). The fourth-order valence-corrected chi connectivity index (χ4v) is 3.03. The molecule has 1 aromatic carbocycles. The lowest BCUT2D eigenvalue weighted by Gasteiger charge is -2.32. The molecule has 124 valence electrons. The molecule has 0 saturated carbocycles. The van der Waals surface area contributed by atoms with E-state index in [2.05, 4.69) is 26.1 Å². The van der Waals surface area contributed by atoms with Crippen LogP contribution in [0.2, 0.25) is 0 Å².